The summed E-state index contributed by atoms with van der Waals surface area (Å²) in [4.78, 5) is 75.2. The summed E-state index contributed by atoms with van der Waals surface area (Å²) in [6.45, 7) is 0. The fourth-order valence-corrected chi connectivity index (χ4v) is 4.19. The van der Waals surface area contributed by atoms with Gasteiger partial charge in [-0.2, -0.15) is 11.8 Å². The summed E-state index contributed by atoms with van der Waals surface area (Å²) in [6.07, 6.45) is 1.83. The zero-order chi connectivity index (χ0) is 29.1. The van der Waals surface area contributed by atoms with Crippen molar-refractivity contribution in [3.63, 3.8) is 0 Å². The lowest BCUT2D eigenvalue weighted by atomic mass is 10.0. The second-order valence-corrected chi connectivity index (χ2v) is 9.65. The number of carboxylic acids is 3. The first kappa shape index (κ1) is 31.1. The van der Waals surface area contributed by atoms with Crippen molar-refractivity contribution in [2.24, 2.45) is 5.73 Å². The van der Waals surface area contributed by atoms with Gasteiger partial charge in [-0.05, 0) is 36.5 Å². The van der Waals surface area contributed by atoms with Gasteiger partial charge in [0.2, 0.25) is 17.7 Å². The molecular weight excluding hydrogens is 534 g/mol. The van der Waals surface area contributed by atoms with E-state index in [2.05, 4.69) is 20.9 Å². The Labute approximate surface area is 227 Å². The number of fused-ring (bicyclic) bond motifs is 1. The summed E-state index contributed by atoms with van der Waals surface area (Å²) >= 11 is 1.32. The molecule has 0 radical (unpaired) electrons. The van der Waals surface area contributed by atoms with E-state index < -0.39 is 72.6 Å². The molecule has 0 saturated carbocycles. The maximum Gasteiger partial charge on any atom is 0.326 e. The number of hydrogen-bond donors (Lipinski definition) is 8. The fourth-order valence-electron chi connectivity index (χ4n) is 3.72. The normalized spacial score (nSPS) is 14.0. The summed E-state index contributed by atoms with van der Waals surface area (Å²) in [5.74, 6) is -6.86. The number of aromatic nitrogens is 1. The van der Waals surface area contributed by atoms with Crippen LogP contribution in [0.25, 0.3) is 10.9 Å². The van der Waals surface area contributed by atoms with Gasteiger partial charge in [0.25, 0.3) is 0 Å². The fraction of sp³-hybridized carbons (Fsp3) is 0.417. The molecule has 1 heterocycles. The number of rotatable bonds is 16. The molecule has 2 aromatic rings. The average Bonchev–Trinajstić information content (AvgIpc) is 3.27. The second kappa shape index (κ2) is 14.7. The van der Waals surface area contributed by atoms with Crippen LogP contribution in [0.5, 0.6) is 0 Å². The Morgan fingerprint density at radius 2 is 1.44 bits per heavy atom. The Balaban J connectivity index is 2.13. The van der Waals surface area contributed by atoms with Gasteiger partial charge >= 0.3 is 17.9 Å². The number of hydrogen-bond acceptors (Lipinski definition) is 8. The number of carbonyl (C=O) groups is 6. The maximum atomic E-state index is 13.0. The highest BCUT2D eigenvalue weighted by atomic mass is 32.2. The lowest BCUT2D eigenvalue weighted by Gasteiger charge is -2.24. The summed E-state index contributed by atoms with van der Waals surface area (Å²) < 4.78 is 0. The quantitative estimate of drug-likeness (QED) is 0.126. The van der Waals surface area contributed by atoms with E-state index in [1.807, 2.05) is 24.3 Å². The number of thioether (sulfide) groups is 1. The predicted octanol–water partition coefficient (Wildman–Crippen LogP) is -0.721. The molecule has 9 N–H and O–H groups in total. The molecule has 0 aliphatic heterocycles. The van der Waals surface area contributed by atoms with E-state index >= 15 is 0 Å². The number of nitrogens with one attached hydrogen (secondary N) is 4. The van der Waals surface area contributed by atoms with Crippen molar-refractivity contribution in [2.45, 2.75) is 49.9 Å². The van der Waals surface area contributed by atoms with Crippen molar-refractivity contribution < 1.29 is 44.1 Å². The highest BCUT2D eigenvalue weighted by Crippen LogP contribution is 2.18. The van der Waals surface area contributed by atoms with Crippen LogP contribution in [0, 0.1) is 0 Å². The number of nitrogens with two attached hydrogens (primary N) is 1. The van der Waals surface area contributed by atoms with E-state index in [9.17, 15) is 39.0 Å². The average molecular weight is 566 g/mol. The molecule has 0 spiro atoms. The lowest BCUT2D eigenvalue weighted by Crippen LogP contribution is -2.57. The monoisotopic (exact) mass is 565 g/mol. The standard InChI is InChI=1S/C24H31N5O9S/c1-39-7-6-16(22(35)29-18(24(37)38)10-20(32)33)27-23(36)17(9-19(30)31)28-21(34)14(25)8-12-11-26-15-5-3-2-4-13(12)15/h2-5,11,14,16-18,26H,6-10,25H2,1H3,(H,27,36)(H,28,34)(H,29,35)(H,30,31)(H,32,33)(H,37,38). The first-order chi connectivity index (χ1) is 18.4. The number of H-pyrrole nitrogens is 1. The minimum Gasteiger partial charge on any atom is -0.481 e. The van der Waals surface area contributed by atoms with Gasteiger partial charge in [0.15, 0.2) is 0 Å². The zero-order valence-corrected chi connectivity index (χ0v) is 21.8. The Hall–Kier alpha value is -4.11. The topological polar surface area (TPSA) is 241 Å². The molecular formula is C24H31N5O9S. The first-order valence-electron chi connectivity index (χ1n) is 11.8. The third-order valence-corrected chi connectivity index (χ3v) is 6.34. The number of aromatic amines is 1. The van der Waals surface area contributed by atoms with Crippen molar-refractivity contribution in [3.05, 3.63) is 36.0 Å². The highest BCUT2D eigenvalue weighted by molar-refractivity contribution is 7.98. The molecule has 15 heteroatoms. The molecule has 0 bridgehead atoms. The number of carboxylic acid groups (broad SMARTS) is 3. The Kier molecular flexibility index (Phi) is 11.7. The summed E-state index contributed by atoms with van der Waals surface area (Å²) in [5, 5.41) is 35.0. The van der Waals surface area contributed by atoms with Gasteiger partial charge < -0.3 is 42.0 Å². The Bertz CT molecular complexity index is 1220. The molecule has 14 nitrogen and oxygen atoms in total. The highest BCUT2D eigenvalue weighted by Gasteiger charge is 2.32. The molecule has 3 amide bonds. The predicted molar refractivity (Wildman–Crippen MR) is 141 cm³/mol. The molecule has 0 saturated heterocycles. The van der Waals surface area contributed by atoms with Crippen LogP contribution in [0.1, 0.15) is 24.8 Å². The van der Waals surface area contributed by atoms with E-state index in [4.69, 9.17) is 10.8 Å². The van der Waals surface area contributed by atoms with Gasteiger partial charge in [-0.3, -0.25) is 24.0 Å². The van der Waals surface area contributed by atoms with Crippen LogP contribution in [0.4, 0.5) is 0 Å². The molecule has 1 aromatic heterocycles. The van der Waals surface area contributed by atoms with Gasteiger partial charge in [0.1, 0.15) is 18.1 Å². The van der Waals surface area contributed by atoms with Gasteiger partial charge in [0, 0.05) is 17.1 Å². The third-order valence-electron chi connectivity index (χ3n) is 5.70. The van der Waals surface area contributed by atoms with Crippen LogP contribution < -0.4 is 21.7 Å². The van der Waals surface area contributed by atoms with E-state index in [0.29, 0.717) is 5.75 Å². The van der Waals surface area contributed by atoms with Crippen LogP contribution in [0.15, 0.2) is 30.5 Å². The van der Waals surface area contributed by atoms with Crippen molar-refractivity contribution >= 4 is 58.3 Å². The van der Waals surface area contributed by atoms with Crippen LogP contribution in [0.2, 0.25) is 0 Å². The van der Waals surface area contributed by atoms with Crippen LogP contribution in [-0.4, -0.2) is 92.1 Å². The lowest BCUT2D eigenvalue weighted by molar-refractivity contribution is -0.147. The SMILES string of the molecule is CSCCC(NC(=O)C(CC(=O)O)NC(=O)C(N)Cc1c[nH]c2ccccc12)C(=O)NC(CC(=O)O)C(=O)O. The van der Waals surface area contributed by atoms with Gasteiger partial charge in [-0.25, -0.2) is 4.79 Å². The smallest absolute Gasteiger partial charge is 0.326 e. The summed E-state index contributed by atoms with van der Waals surface area (Å²) in [6, 6.07) is 1.56. The second-order valence-electron chi connectivity index (χ2n) is 8.67. The Morgan fingerprint density at radius 1 is 0.872 bits per heavy atom. The molecule has 39 heavy (non-hydrogen) atoms. The van der Waals surface area contributed by atoms with Crippen molar-refractivity contribution in [1.29, 1.82) is 0 Å². The number of aliphatic carboxylic acids is 3. The molecule has 0 fully saturated rings. The maximum absolute atomic E-state index is 13.0. The third kappa shape index (κ3) is 9.61. The van der Waals surface area contributed by atoms with Gasteiger partial charge in [-0.15, -0.1) is 0 Å². The van der Waals surface area contributed by atoms with E-state index in [1.54, 1.807) is 12.5 Å². The molecule has 212 valence electrons. The van der Waals surface area contributed by atoms with E-state index in [0.717, 1.165) is 16.5 Å². The minimum atomic E-state index is -1.75. The number of amides is 3. The van der Waals surface area contributed by atoms with E-state index in [1.165, 1.54) is 11.8 Å². The van der Waals surface area contributed by atoms with Gasteiger partial charge in [-0.1, -0.05) is 18.2 Å². The van der Waals surface area contributed by atoms with Gasteiger partial charge in [0.05, 0.1) is 18.9 Å². The van der Waals surface area contributed by atoms with Crippen LogP contribution in [0.3, 0.4) is 0 Å². The zero-order valence-electron chi connectivity index (χ0n) is 21.0. The molecule has 4 unspecified atom stereocenters. The summed E-state index contributed by atoms with van der Waals surface area (Å²) in [5.41, 5.74) is 7.63. The number of benzene rings is 1. The molecule has 4 atom stereocenters. The molecule has 2 rings (SSSR count). The van der Waals surface area contributed by atoms with Crippen molar-refractivity contribution in [1.82, 2.24) is 20.9 Å². The number of para-hydroxylation sites is 1. The van der Waals surface area contributed by atoms with E-state index in [-0.39, 0.29) is 12.8 Å². The number of carbonyl (C=O) groups excluding carboxylic acids is 3. The van der Waals surface area contributed by atoms with Crippen molar-refractivity contribution in [3.8, 4) is 0 Å². The summed E-state index contributed by atoms with van der Waals surface area (Å²) in [7, 11) is 0. The molecule has 0 aliphatic carbocycles. The minimum absolute atomic E-state index is 0.0198. The first-order valence-corrected chi connectivity index (χ1v) is 13.2. The van der Waals surface area contributed by atoms with Crippen molar-refractivity contribution in [2.75, 3.05) is 12.0 Å². The Morgan fingerprint density at radius 3 is 2.05 bits per heavy atom. The van der Waals surface area contributed by atoms with Crippen LogP contribution >= 0.6 is 11.8 Å². The largest absolute Gasteiger partial charge is 0.481 e. The molecule has 1 aromatic carbocycles. The van der Waals surface area contributed by atoms with Crippen LogP contribution in [-0.2, 0) is 35.2 Å². The molecule has 0 aliphatic rings.